The van der Waals surface area contributed by atoms with Gasteiger partial charge in [-0.25, -0.2) is 4.39 Å². The van der Waals surface area contributed by atoms with Crippen molar-refractivity contribution in [2.45, 2.75) is 46.6 Å². The molecule has 0 aliphatic heterocycles. The Kier molecular flexibility index (Phi) is 3.15. The summed E-state index contributed by atoms with van der Waals surface area (Å²) in [6.45, 7) is 8.06. The van der Waals surface area contributed by atoms with Crippen molar-refractivity contribution in [3.63, 3.8) is 0 Å². The van der Waals surface area contributed by atoms with Gasteiger partial charge >= 0.3 is 0 Å². The van der Waals surface area contributed by atoms with Gasteiger partial charge in [0, 0.05) is 12.5 Å². The summed E-state index contributed by atoms with van der Waals surface area (Å²) in [5.74, 6) is 0.0131. The summed E-state index contributed by atoms with van der Waals surface area (Å²) in [7, 11) is 0. The van der Waals surface area contributed by atoms with Gasteiger partial charge < -0.3 is 5.73 Å². The molecule has 0 radical (unpaired) electrons. The molecule has 2 N–H and O–H groups in total. The maximum Gasteiger partial charge on any atom is 0.104 e. The number of allylic oxidation sites excluding steroid dienone is 3. The van der Waals surface area contributed by atoms with E-state index in [0.717, 1.165) is 11.1 Å². The van der Waals surface area contributed by atoms with Crippen LogP contribution in [0.4, 0.5) is 4.39 Å². The summed E-state index contributed by atoms with van der Waals surface area (Å²) < 4.78 is 13.8. The molecule has 1 rings (SSSR count). The fourth-order valence-corrected chi connectivity index (χ4v) is 2.12. The number of hydrogen-bond donors (Lipinski definition) is 1. The number of rotatable bonds is 0. The van der Waals surface area contributed by atoms with Crippen LogP contribution in [0.1, 0.15) is 40.5 Å². The minimum atomic E-state index is -0.130. The molecule has 0 heterocycles. The molecule has 0 bridgehead atoms. The van der Waals surface area contributed by atoms with E-state index in [4.69, 9.17) is 5.73 Å². The minimum absolute atomic E-state index is 0.000556. The van der Waals surface area contributed by atoms with Gasteiger partial charge in [-0.1, -0.05) is 26.8 Å². The van der Waals surface area contributed by atoms with E-state index < -0.39 is 0 Å². The van der Waals surface area contributed by atoms with E-state index in [-0.39, 0.29) is 17.3 Å². The molecule has 1 aliphatic rings. The van der Waals surface area contributed by atoms with Crippen LogP contribution in [0.15, 0.2) is 23.0 Å². The van der Waals surface area contributed by atoms with Gasteiger partial charge in [0.1, 0.15) is 5.83 Å². The lowest BCUT2D eigenvalue weighted by Crippen LogP contribution is -2.16. The molecule has 0 saturated heterocycles. The van der Waals surface area contributed by atoms with E-state index in [9.17, 15) is 4.39 Å². The molecule has 1 nitrogen and oxygen atoms in total. The van der Waals surface area contributed by atoms with Crippen LogP contribution in [-0.4, -0.2) is 6.04 Å². The van der Waals surface area contributed by atoms with Crippen LogP contribution in [0, 0.1) is 5.41 Å². The van der Waals surface area contributed by atoms with Crippen molar-refractivity contribution in [2.75, 3.05) is 0 Å². The van der Waals surface area contributed by atoms with Crippen molar-refractivity contribution in [1.29, 1.82) is 0 Å². The molecule has 1 unspecified atom stereocenters. The monoisotopic (exact) mass is 197 g/mol. The van der Waals surface area contributed by atoms with Gasteiger partial charge in [0.15, 0.2) is 0 Å². The van der Waals surface area contributed by atoms with E-state index in [1.54, 1.807) is 0 Å². The highest BCUT2D eigenvalue weighted by molar-refractivity contribution is 5.38. The Bertz CT molecular complexity index is 281. The van der Waals surface area contributed by atoms with Crippen LogP contribution in [-0.2, 0) is 0 Å². The highest BCUT2D eigenvalue weighted by Gasteiger charge is 2.25. The molecular formula is C12H20FN. The molecule has 1 aliphatic carbocycles. The quantitative estimate of drug-likeness (QED) is 0.633. The second kappa shape index (κ2) is 3.85. The second-order valence-electron chi connectivity index (χ2n) is 5.08. The number of hydrogen-bond acceptors (Lipinski definition) is 1. The molecule has 1 atom stereocenters. The van der Waals surface area contributed by atoms with Gasteiger partial charge in [-0.15, -0.1) is 0 Å². The summed E-state index contributed by atoms with van der Waals surface area (Å²) in [6, 6.07) is 0.000556. The Labute approximate surface area is 85.9 Å². The van der Waals surface area contributed by atoms with Crippen LogP contribution in [0.5, 0.6) is 0 Å². The lowest BCUT2D eigenvalue weighted by atomic mass is 9.81. The first-order valence-electron chi connectivity index (χ1n) is 5.16. The van der Waals surface area contributed by atoms with Gasteiger partial charge in [0.25, 0.3) is 0 Å². The summed E-state index contributed by atoms with van der Waals surface area (Å²) in [6.07, 6.45) is 3.16. The molecule has 0 spiro atoms. The molecule has 14 heavy (non-hydrogen) atoms. The van der Waals surface area contributed by atoms with Crippen molar-refractivity contribution in [1.82, 2.24) is 0 Å². The Morgan fingerprint density at radius 1 is 1.43 bits per heavy atom. The molecule has 2 heteroatoms. The van der Waals surface area contributed by atoms with Crippen molar-refractivity contribution in [2.24, 2.45) is 11.1 Å². The van der Waals surface area contributed by atoms with E-state index in [1.165, 1.54) is 0 Å². The van der Waals surface area contributed by atoms with Crippen molar-refractivity contribution >= 4 is 0 Å². The van der Waals surface area contributed by atoms with E-state index >= 15 is 0 Å². The molecule has 80 valence electrons. The van der Waals surface area contributed by atoms with Gasteiger partial charge in [-0.05, 0) is 29.9 Å². The third kappa shape index (κ3) is 2.44. The average molecular weight is 197 g/mol. The first-order valence-corrected chi connectivity index (χ1v) is 5.16. The molecular weight excluding hydrogens is 177 g/mol. The first kappa shape index (κ1) is 11.4. The zero-order valence-corrected chi connectivity index (χ0v) is 9.52. The lowest BCUT2D eigenvalue weighted by molar-refractivity contribution is 0.465. The van der Waals surface area contributed by atoms with Crippen LogP contribution >= 0.6 is 0 Å². The molecule has 0 aromatic rings. The normalized spacial score (nSPS) is 24.7. The Balaban J connectivity index is 3.14. The van der Waals surface area contributed by atoms with E-state index in [2.05, 4.69) is 0 Å². The smallest absolute Gasteiger partial charge is 0.104 e. The predicted molar refractivity (Wildman–Crippen MR) is 58.6 cm³/mol. The van der Waals surface area contributed by atoms with Gasteiger partial charge in [0.2, 0.25) is 0 Å². The topological polar surface area (TPSA) is 26.0 Å². The third-order valence-corrected chi connectivity index (χ3v) is 2.58. The zero-order valence-electron chi connectivity index (χ0n) is 9.52. The largest absolute Gasteiger partial charge is 0.324 e. The molecule has 0 fully saturated rings. The van der Waals surface area contributed by atoms with Crippen LogP contribution in [0.2, 0.25) is 0 Å². The summed E-state index contributed by atoms with van der Waals surface area (Å²) >= 11 is 0. The van der Waals surface area contributed by atoms with Crippen LogP contribution < -0.4 is 5.73 Å². The first-order chi connectivity index (χ1) is 6.32. The summed E-state index contributed by atoms with van der Waals surface area (Å²) in [5.41, 5.74) is 7.53. The van der Waals surface area contributed by atoms with Gasteiger partial charge in [-0.2, -0.15) is 0 Å². The van der Waals surface area contributed by atoms with Gasteiger partial charge in [-0.3, -0.25) is 0 Å². The van der Waals surface area contributed by atoms with E-state index in [0.29, 0.717) is 12.8 Å². The Morgan fingerprint density at radius 2 is 2.00 bits per heavy atom. The molecule has 0 saturated carbocycles. The van der Waals surface area contributed by atoms with Gasteiger partial charge in [0.05, 0.1) is 0 Å². The fraction of sp³-hybridized carbons (Fsp3) is 0.667. The predicted octanol–water partition coefficient (Wildman–Crippen LogP) is 3.32. The molecule has 0 amide bonds. The minimum Gasteiger partial charge on any atom is -0.324 e. The van der Waals surface area contributed by atoms with Crippen molar-refractivity contribution in [3.8, 4) is 0 Å². The SMILES string of the molecule is CC1=CC(N)CCC(F)=C1C(C)(C)C. The second-order valence-corrected chi connectivity index (χ2v) is 5.08. The van der Waals surface area contributed by atoms with E-state index in [1.807, 2.05) is 33.8 Å². The Hall–Kier alpha value is -0.630. The number of nitrogens with two attached hydrogens (primary N) is 1. The van der Waals surface area contributed by atoms with Crippen LogP contribution in [0.25, 0.3) is 0 Å². The average Bonchev–Trinajstić information content (AvgIpc) is 2.08. The third-order valence-electron chi connectivity index (χ3n) is 2.58. The highest BCUT2D eigenvalue weighted by Crippen LogP contribution is 2.37. The standard InChI is InChI=1S/C12H20FN/c1-8-7-9(14)5-6-10(13)11(8)12(2,3)4/h7,9H,5-6,14H2,1-4H3. The molecule has 0 aromatic heterocycles. The fourth-order valence-electron chi connectivity index (χ4n) is 2.12. The summed E-state index contributed by atoms with van der Waals surface area (Å²) in [4.78, 5) is 0. The zero-order chi connectivity index (χ0) is 10.9. The lowest BCUT2D eigenvalue weighted by Gasteiger charge is -2.24. The maximum atomic E-state index is 13.8. The molecule has 0 aromatic carbocycles. The van der Waals surface area contributed by atoms with Crippen molar-refractivity contribution < 1.29 is 4.39 Å². The van der Waals surface area contributed by atoms with Crippen molar-refractivity contribution in [3.05, 3.63) is 23.0 Å². The number of halogens is 1. The Morgan fingerprint density at radius 3 is 2.50 bits per heavy atom. The maximum absolute atomic E-state index is 13.8. The summed E-state index contributed by atoms with van der Waals surface area (Å²) in [5, 5.41) is 0. The highest BCUT2D eigenvalue weighted by atomic mass is 19.1. The van der Waals surface area contributed by atoms with Crippen LogP contribution in [0.3, 0.4) is 0 Å².